The Morgan fingerprint density at radius 3 is 2.94 bits per heavy atom. The maximum absolute atomic E-state index is 6.12. The van der Waals surface area contributed by atoms with Crippen LogP contribution in [0.3, 0.4) is 0 Å². The van der Waals surface area contributed by atoms with Gasteiger partial charge < -0.3 is 10.3 Å². The van der Waals surface area contributed by atoms with E-state index in [0.29, 0.717) is 11.7 Å². The van der Waals surface area contributed by atoms with Crippen molar-refractivity contribution in [1.29, 1.82) is 0 Å². The van der Waals surface area contributed by atoms with Crippen molar-refractivity contribution in [2.75, 3.05) is 0 Å². The molecule has 18 heavy (non-hydrogen) atoms. The Kier molecular flexibility index (Phi) is 2.87. The van der Waals surface area contributed by atoms with Crippen LogP contribution in [0.2, 0.25) is 0 Å². The van der Waals surface area contributed by atoms with Gasteiger partial charge in [-0.15, -0.1) is 0 Å². The molecule has 1 aliphatic rings. The van der Waals surface area contributed by atoms with E-state index in [1.54, 1.807) is 4.68 Å². The molecule has 0 aromatic carbocycles. The van der Waals surface area contributed by atoms with Crippen molar-refractivity contribution in [3.05, 3.63) is 18.2 Å². The lowest BCUT2D eigenvalue weighted by Crippen LogP contribution is -2.31. The molecule has 2 N–H and O–H groups in total. The van der Waals surface area contributed by atoms with Crippen LogP contribution in [0.1, 0.15) is 37.5 Å². The molecule has 1 fully saturated rings. The Morgan fingerprint density at radius 2 is 2.22 bits per heavy atom. The number of hydrogen-bond acceptors (Lipinski definition) is 5. The zero-order valence-corrected chi connectivity index (χ0v) is 10.4. The molecule has 0 amide bonds. The Hall–Kier alpha value is -1.69. The van der Waals surface area contributed by atoms with E-state index in [1.807, 2.05) is 19.3 Å². The van der Waals surface area contributed by atoms with Gasteiger partial charge in [-0.05, 0) is 18.9 Å². The van der Waals surface area contributed by atoms with E-state index >= 15 is 0 Å². The summed E-state index contributed by atoms with van der Waals surface area (Å²) in [5.74, 6) is 1.40. The van der Waals surface area contributed by atoms with E-state index in [1.165, 1.54) is 12.8 Å². The van der Waals surface area contributed by atoms with Gasteiger partial charge in [-0.25, -0.2) is 0 Å². The Balaban J connectivity index is 1.84. The number of aromatic nitrogens is 4. The molecule has 0 radical (unpaired) electrons. The van der Waals surface area contributed by atoms with Gasteiger partial charge in [-0.2, -0.15) is 10.1 Å². The zero-order valence-electron chi connectivity index (χ0n) is 10.4. The van der Waals surface area contributed by atoms with Gasteiger partial charge >= 0.3 is 0 Å². The Morgan fingerprint density at radius 1 is 1.39 bits per heavy atom. The first-order chi connectivity index (χ1) is 8.74. The monoisotopic (exact) mass is 247 g/mol. The van der Waals surface area contributed by atoms with Crippen molar-refractivity contribution >= 4 is 0 Å². The van der Waals surface area contributed by atoms with E-state index in [9.17, 15) is 0 Å². The number of nitrogens with two attached hydrogens (primary N) is 1. The quantitative estimate of drug-likeness (QED) is 0.868. The molecule has 3 rings (SSSR count). The van der Waals surface area contributed by atoms with Gasteiger partial charge in [-0.3, -0.25) is 4.68 Å². The molecule has 96 valence electrons. The van der Waals surface area contributed by atoms with Crippen molar-refractivity contribution in [2.24, 2.45) is 12.8 Å². The SMILES string of the molecule is Cn1ccc(-c2noc(C3CCCCC3N)n2)n1. The number of hydrogen-bond donors (Lipinski definition) is 1. The minimum atomic E-state index is 0.135. The van der Waals surface area contributed by atoms with Crippen LogP contribution >= 0.6 is 0 Å². The fourth-order valence-corrected chi connectivity index (χ4v) is 2.49. The molecule has 1 saturated carbocycles. The maximum atomic E-state index is 6.12. The predicted molar refractivity (Wildman–Crippen MR) is 65.7 cm³/mol. The predicted octanol–water partition coefficient (Wildman–Crippen LogP) is 1.46. The average Bonchev–Trinajstić information content (AvgIpc) is 2.98. The highest BCUT2D eigenvalue weighted by Crippen LogP contribution is 2.31. The molecule has 0 spiro atoms. The minimum Gasteiger partial charge on any atom is -0.339 e. The van der Waals surface area contributed by atoms with Crippen LogP contribution in [-0.2, 0) is 7.05 Å². The fraction of sp³-hybridized carbons (Fsp3) is 0.583. The summed E-state index contributed by atoms with van der Waals surface area (Å²) in [5.41, 5.74) is 6.85. The zero-order chi connectivity index (χ0) is 12.5. The average molecular weight is 247 g/mol. The van der Waals surface area contributed by atoms with Crippen LogP contribution in [0, 0.1) is 0 Å². The molecule has 2 atom stereocenters. The summed E-state index contributed by atoms with van der Waals surface area (Å²) in [6, 6.07) is 2.01. The molecule has 2 aromatic rings. The second-order valence-electron chi connectivity index (χ2n) is 4.89. The number of nitrogens with zero attached hydrogens (tertiary/aromatic N) is 4. The van der Waals surface area contributed by atoms with Crippen LogP contribution in [0.5, 0.6) is 0 Å². The molecule has 1 aliphatic carbocycles. The van der Waals surface area contributed by atoms with Crippen molar-refractivity contribution in [2.45, 2.75) is 37.6 Å². The summed E-state index contributed by atoms with van der Waals surface area (Å²) >= 11 is 0. The van der Waals surface area contributed by atoms with Crippen LogP contribution in [-0.4, -0.2) is 26.0 Å². The largest absolute Gasteiger partial charge is 0.339 e. The third-order valence-corrected chi connectivity index (χ3v) is 3.52. The molecule has 2 unspecified atom stereocenters. The molecule has 0 bridgehead atoms. The van der Waals surface area contributed by atoms with Gasteiger partial charge in [0.25, 0.3) is 0 Å². The van der Waals surface area contributed by atoms with Gasteiger partial charge in [0.15, 0.2) is 0 Å². The lowest BCUT2D eigenvalue weighted by molar-refractivity contribution is 0.290. The summed E-state index contributed by atoms with van der Waals surface area (Å²) in [4.78, 5) is 4.43. The molecular formula is C12H17N5O. The second-order valence-corrected chi connectivity index (χ2v) is 4.89. The van der Waals surface area contributed by atoms with Crippen molar-refractivity contribution in [3.8, 4) is 11.5 Å². The topological polar surface area (TPSA) is 82.8 Å². The molecule has 2 heterocycles. The van der Waals surface area contributed by atoms with E-state index < -0.39 is 0 Å². The highest BCUT2D eigenvalue weighted by molar-refractivity contribution is 5.46. The van der Waals surface area contributed by atoms with Gasteiger partial charge in [-0.1, -0.05) is 18.0 Å². The normalized spacial score (nSPS) is 24.3. The van der Waals surface area contributed by atoms with E-state index in [-0.39, 0.29) is 12.0 Å². The van der Waals surface area contributed by atoms with Crippen LogP contribution in [0.15, 0.2) is 16.8 Å². The smallest absolute Gasteiger partial charge is 0.231 e. The Bertz CT molecular complexity index is 532. The first-order valence-electron chi connectivity index (χ1n) is 6.33. The molecule has 6 heteroatoms. The van der Waals surface area contributed by atoms with Crippen molar-refractivity contribution in [3.63, 3.8) is 0 Å². The van der Waals surface area contributed by atoms with Crippen molar-refractivity contribution in [1.82, 2.24) is 19.9 Å². The molecular weight excluding hydrogens is 230 g/mol. The summed E-state index contributed by atoms with van der Waals surface area (Å²) in [7, 11) is 1.86. The Labute approximate surface area is 105 Å². The third kappa shape index (κ3) is 2.03. The summed E-state index contributed by atoms with van der Waals surface area (Å²) in [5, 5.41) is 8.25. The van der Waals surface area contributed by atoms with Crippen LogP contribution in [0.25, 0.3) is 11.5 Å². The fourth-order valence-electron chi connectivity index (χ4n) is 2.49. The summed E-state index contributed by atoms with van der Waals surface area (Å²) in [6.45, 7) is 0. The highest BCUT2D eigenvalue weighted by atomic mass is 16.5. The molecule has 0 saturated heterocycles. The van der Waals surface area contributed by atoms with Gasteiger partial charge in [0.1, 0.15) is 5.69 Å². The minimum absolute atomic E-state index is 0.135. The van der Waals surface area contributed by atoms with Crippen LogP contribution in [0.4, 0.5) is 0 Å². The van der Waals surface area contributed by atoms with E-state index in [4.69, 9.17) is 10.3 Å². The number of aryl methyl sites for hydroxylation is 1. The third-order valence-electron chi connectivity index (χ3n) is 3.52. The number of rotatable bonds is 2. The first-order valence-corrected chi connectivity index (χ1v) is 6.33. The lowest BCUT2D eigenvalue weighted by atomic mass is 9.85. The van der Waals surface area contributed by atoms with Gasteiger partial charge in [0.2, 0.25) is 11.7 Å². The van der Waals surface area contributed by atoms with Gasteiger partial charge in [0.05, 0.1) is 5.92 Å². The van der Waals surface area contributed by atoms with E-state index in [2.05, 4.69) is 15.2 Å². The molecule has 0 aliphatic heterocycles. The molecule has 2 aromatic heterocycles. The maximum Gasteiger partial charge on any atom is 0.231 e. The van der Waals surface area contributed by atoms with Crippen molar-refractivity contribution < 1.29 is 4.52 Å². The second kappa shape index (κ2) is 4.53. The summed E-state index contributed by atoms with van der Waals surface area (Å²) < 4.78 is 7.07. The standard InChI is InChI=1S/C12H17N5O/c1-17-7-6-10(15-17)11-14-12(18-16-11)8-4-2-3-5-9(8)13/h6-9H,2-5,13H2,1H3. The van der Waals surface area contributed by atoms with Gasteiger partial charge in [0, 0.05) is 19.3 Å². The molecule has 6 nitrogen and oxygen atoms in total. The highest BCUT2D eigenvalue weighted by Gasteiger charge is 2.28. The van der Waals surface area contributed by atoms with E-state index in [0.717, 1.165) is 18.5 Å². The summed E-state index contributed by atoms with van der Waals surface area (Å²) in [6.07, 6.45) is 6.30. The lowest BCUT2D eigenvalue weighted by Gasteiger charge is -2.25. The first kappa shape index (κ1) is 11.4. The van der Waals surface area contributed by atoms with Crippen LogP contribution < -0.4 is 5.73 Å².